The standard InChI is InChI=1S/C11H16N2O4S/c1-8(2)9(3)12-18(16,17)11-7-5-4-6-10(11)13(14)15/h4-9,12H,1-3H3/t9-/m1/s1. The van der Waals surface area contributed by atoms with E-state index >= 15 is 0 Å². The first-order valence-electron chi connectivity index (χ1n) is 5.51. The summed E-state index contributed by atoms with van der Waals surface area (Å²) in [4.78, 5) is 9.80. The molecule has 6 nitrogen and oxygen atoms in total. The average Bonchev–Trinajstić information content (AvgIpc) is 2.28. The molecule has 0 spiro atoms. The molecule has 7 heteroatoms. The van der Waals surface area contributed by atoms with Gasteiger partial charge in [0.15, 0.2) is 4.90 Å². The van der Waals surface area contributed by atoms with E-state index in [0.717, 1.165) is 0 Å². The summed E-state index contributed by atoms with van der Waals surface area (Å²) in [6.45, 7) is 5.45. The molecular formula is C11H16N2O4S. The number of nitro groups is 1. The fraction of sp³-hybridized carbons (Fsp3) is 0.455. The number of nitrogens with one attached hydrogen (secondary N) is 1. The Kier molecular flexibility index (Phi) is 4.42. The molecule has 1 N–H and O–H groups in total. The average molecular weight is 272 g/mol. The van der Waals surface area contributed by atoms with Gasteiger partial charge in [0.05, 0.1) is 4.92 Å². The summed E-state index contributed by atoms with van der Waals surface area (Å²) in [7, 11) is -3.87. The van der Waals surface area contributed by atoms with Crippen molar-refractivity contribution >= 4 is 15.7 Å². The Labute approximate surface area is 106 Å². The second-order valence-corrected chi connectivity index (χ2v) is 6.06. The highest BCUT2D eigenvalue weighted by Crippen LogP contribution is 2.23. The molecule has 1 atom stereocenters. The summed E-state index contributed by atoms with van der Waals surface area (Å²) >= 11 is 0. The number of hydrogen-bond acceptors (Lipinski definition) is 4. The van der Waals surface area contributed by atoms with Gasteiger partial charge in [0, 0.05) is 12.1 Å². The third-order valence-electron chi connectivity index (χ3n) is 2.69. The number of sulfonamides is 1. The molecule has 1 aromatic carbocycles. The van der Waals surface area contributed by atoms with Gasteiger partial charge in [0.2, 0.25) is 10.0 Å². The van der Waals surface area contributed by atoms with Crippen LogP contribution in [-0.4, -0.2) is 19.4 Å². The van der Waals surface area contributed by atoms with Crippen LogP contribution in [0.4, 0.5) is 5.69 Å². The summed E-state index contributed by atoms with van der Waals surface area (Å²) in [5, 5.41) is 10.8. The molecule has 0 radical (unpaired) electrons. The maximum atomic E-state index is 12.1. The largest absolute Gasteiger partial charge is 0.289 e. The molecule has 1 rings (SSSR count). The lowest BCUT2D eigenvalue weighted by Gasteiger charge is -2.17. The van der Waals surface area contributed by atoms with E-state index in [-0.39, 0.29) is 16.9 Å². The number of para-hydroxylation sites is 1. The van der Waals surface area contributed by atoms with Gasteiger partial charge in [-0.25, -0.2) is 13.1 Å². The van der Waals surface area contributed by atoms with Gasteiger partial charge in [0.1, 0.15) is 0 Å². The zero-order valence-corrected chi connectivity index (χ0v) is 11.3. The van der Waals surface area contributed by atoms with Crippen molar-refractivity contribution in [2.45, 2.75) is 31.7 Å². The number of benzene rings is 1. The van der Waals surface area contributed by atoms with Crippen molar-refractivity contribution in [2.24, 2.45) is 5.92 Å². The minimum atomic E-state index is -3.87. The Bertz CT molecular complexity index is 540. The maximum absolute atomic E-state index is 12.1. The Balaban J connectivity index is 3.17. The predicted molar refractivity (Wildman–Crippen MR) is 67.7 cm³/mol. The number of nitrogens with zero attached hydrogens (tertiary/aromatic N) is 1. The predicted octanol–water partition coefficient (Wildman–Crippen LogP) is 1.92. The second-order valence-electron chi connectivity index (χ2n) is 4.38. The van der Waals surface area contributed by atoms with Crippen LogP contribution in [0.2, 0.25) is 0 Å². The summed E-state index contributed by atoms with van der Waals surface area (Å²) < 4.78 is 26.5. The van der Waals surface area contributed by atoms with Crippen LogP contribution in [0.3, 0.4) is 0 Å². The third-order valence-corrected chi connectivity index (χ3v) is 4.30. The van der Waals surface area contributed by atoms with E-state index in [1.165, 1.54) is 24.3 Å². The van der Waals surface area contributed by atoms with Gasteiger partial charge in [-0.2, -0.15) is 0 Å². The van der Waals surface area contributed by atoms with Crippen LogP contribution in [0.15, 0.2) is 29.2 Å². The van der Waals surface area contributed by atoms with Crippen molar-refractivity contribution in [3.05, 3.63) is 34.4 Å². The molecule has 1 aromatic rings. The van der Waals surface area contributed by atoms with Crippen molar-refractivity contribution in [1.29, 1.82) is 0 Å². The highest BCUT2D eigenvalue weighted by atomic mass is 32.2. The Morgan fingerprint density at radius 2 is 1.78 bits per heavy atom. The van der Waals surface area contributed by atoms with Gasteiger partial charge >= 0.3 is 0 Å². The molecule has 0 aliphatic rings. The van der Waals surface area contributed by atoms with Crippen LogP contribution < -0.4 is 4.72 Å². The highest BCUT2D eigenvalue weighted by Gasteiger charge is 2.26. The van der Waals surface area contributed by atoms with Crippen LogP contribution in [-0.2, 0) is 10.0 Å². The lowest BCUT2D eigenvalue weighted by molar-refractivity contribution is -0.387. The molecule has 0 aliphatic carbocycles. The van der Waals surface area contributed by atoms with E-state index in [1.54, 1.807) is 6.92 Å². The van der Waals surface area contributed by atoms with Crippen molar-refractivity contribution in [3.63, 3.8) is 0 Å². The van der Waals surface area contributed by atoms with Crippen LogP contribution in [0.1, 0.15) is 20.8 Å². The summed E-state index contributed by atoms with van der Waals surface area (Å²) in [5.74, 6) is 0.0996. The topological polar surface area (TPSA) is 89.3 Å². The molecule has 0 saturated carbocycles. The fourth-order valence-corrected chi connectivity index (χ4v) is 2.84. The molecule has 18 heavy (non-hydrogen) atoms. The smallest absolute Gasteiger partial charge is 0.258 e. The number of hydrogen-bond donors (Lipinski definition) is 1. The van der Waals surface area contributed by atoms with Crippen molar-refractivity contribution in [1.82, 2.24) is 4.72 Å². The van der Waals surface area contributed by atoms with E-state index in [2.05, 4.69) is 4.72 Å². The maximum Gasteiger partial charge on any atom is 0.289 e. The SMILES string of the molecule is CC(C)[C@@H](C)NS(=O)(=O)c1ccccc1[N+](=O)[O-]. The Hall–Kier alpha value is -1.47. The summed E-state index contributed by atoms with van der Waals surface area (Å²) in [6.07, 6.45) is 0. The Morgan fingerprint density at radius 3 is 2.28 bits per heavy atom. The zero-order chi connectivity index (χ0) is 13.9. The van der Waals surface area contributed by atoms with Crippen LogP contribution >= 0.6 is 0 Å². The third kappa shape index (κ3) is 3.27. The first-order chi connectivity index (χ1) is 8.25. The first-order valence-corrected chi connectivity index (χ1v) is 6.99. The summed E-state index contributed by atoms with van der Waals surface area (Å²) in [6, 6.07) is 5.00. The van der Waals surface area contributed by atoms with Crippen molar-refractivity contribution in [3.8, 4) is 0 Å². The summed E-state index contributed by atoms with van der Waals surface area (Å²) in [5.41, 5.74) is -0.416. The molecule has 0 bridgehead atoms. The first kappa shape index (κ1) is 14.6. The number of rotatable bonds is 5. The lowest BCUT2D eigenvalue weighted by atomic mass is 10.1. The highest BCUT2D eigenvalue weighted by molar-refractivity contribution is 7.89. The lowest BCUT2D eigenvalue weighted by Crippen LogP contribution is -2.36. The van der Waals surface area contributed by atoms with Crippen LogP contribution in [0.5, 0.6) is 0 Å². The van der Waals surface area contributed by atoms with Gasteiger partial charge in [-0.05, 0) is 18.9 Å². The minimum Gasteiger partial charge on any atom is -0.258 e. The fourth-order valence-electron chi connectivity index (χ4n) is 1.28. The van der Waals surface area contributed by atoms with Gasteiger partial charge in [0.25, 0.3) is 5.69 Å². The Morgan fingerprint density at radius 1 is 1.22 bits per heavy atom. The van der Waals surface area contributed by atoms with Gasteiger partial charge in [-0.15, -0.1) is 0 Å². The minimum absolute atomic E-state index is 0.0996. The van der Waals surface area contributed by atoms with E-state index < -0.39 is 20.6 Å². The van der Waals surface area contributed by atoms with Crippen molar-refractivity contribution < 1.29 is 13.3 Å². The van der Waals surface area contributed by atoms with E-state index in [4.69, 9.17) is 0 Å². The van der Waals surface area contributed by atoms with Crippen LogP contribution in [0, 0.1) is 16.0 Å². The molecule has 0 fully saturated rings. The van der Waals surface area contributed by atoms with E-state index in [0.29, 0.717) is 0 Å². The van der Waals surface area contributed by atoms with Crippen LogP contribution in [0.25, 0.3) is 0 Å². The van der Waals surface area contributed by atoms with E-state index in [1.807, 2.05) is 13.8 Å². The molecular weight excluding hydrogens is 256 g/mol. The molecule has 0 amide bonds. The molecule has 0 heterocycles. The molecule has 0 saturated heterocycles. The van der Waals surface area contributed by atoms with Gasteiger partial charge in [-0.1, -0.05) is 26.0 Å². The number of nitro benzene ring substituents is 1. The second kappa shape index (κ2) is 5.45. The molecule has 100 valence electrons. The quantitative estimate of drug-likeness (QED) is 0.655. The van der Waals surface area contributed by atoms with Gasteiger partial charge in [-0.3, -0.25) is 10.1 Å². The van der Waals surface area contributed by atoms with Crippen molar-refractivity contribution in [2.75, 3.05) is 0 Å². The zero-order valence-electron chi connectivity index (χ0n) is 10.5. The molecule has 0 aliphatic heterocycles. The normalized spacial score (nSPS) is 13.6. The molecule has 0 aromatic heterocycles. The van der Waals surface area contributed by atoms with E-state index in [9.17, 15) is 18.5 Å². The van der Waals surface area contributed by atoms with Gasteiger partial charge < -0.3 is 0 Å². The monoisotopic (exact) mass is 272 g/mol. The molecule has 0 unspecified atom stereocenters.